The molecular weight excluding hydrogens is 290 g/mol. The van der Waals surface area contributed by atoms with E-state index >= 15 is 0 Å². The molecule has 0 bridgehead atoms. The molecule has 0 spiro atoms. The molecular formula is C19H23NOS. The quantitative estimate of drug-likeness (QED) is 0.825. The second-order valence-corrected chi connectivity index (χ2v) is 6.97. The van der Waals surface area contributed by atoms with Crippen LogP contribution in [0.25, 0.3) is 0 Å². The van der Waals surface area contributed by atoms with Gasteiger partial charge in [0.25, 0.3) is 0 Å². The number of anilines is 1. The number of carbonyl (C=O) groups excluding carboxylic acids is 1. The first kappa shape index (κ1) is 16.6. The molecule has 0 saturated carbocycles. The summed E-state index contributed by atoms with van der Waals surface area (Å²) in [4.78, 5) is 12.3. The summed E-state index contributed by atoms with van der Waals surface area (Å²) in [6.07, 6.45) is 2.55. The number of carbonyl (C=O) groups is 1. The maximum absolute atomic E-state index is 12.3. The SMILES string of the molecule is CSCc1ccc(NC(=O)CC(C)(C)c2ccccc2)cc1. The topological polar surface area (TPSA) is 29.1 Å². The predicted octanol–water partition coefficient (Wildman–Crippen LogP) is 4.86. The van der Waals surface area contributed by atoms with Crippen LogP contribution >= 0.6 is 11.8 Å². The Morgan fingerprint density at radius 3 is 2.27 bits per heavy atom. The van der Waals surface area contributed by atoms with Crippen molar-refractivity contribution in [1.29, 1.82) is 0 Å². The van der Waals surface area contributed by atoms with Crippen molar-refractivity contribution in [2.75, 3.05) is 11.6 Å². The van der Waals surface area contributed by atoms with Crippen molar-refractivity contribution in [3.63, 3.8) is 0 Å². The minimum absolute atomic E-state index is 0.0477. The van der Waals surface area contributed by atoms with Crippen molar-refractivity contribution in [1.82, 2.24) is 0 Å². The number of benzene rings is 2. The Hall–Kier alpha value is -1.74. The lowest BCUT2D eigenvalue weighted by Crippen LogP contribution is -2.25. The standard InChI is InChI=1S/C19H23NOS/c1-19(2,16-7-5-4-6-8-16)13-18(21)20-17-11-9-15(10-12-17)14-22-3/h4-12H,13-14H2,1-3H3,(H,20,21). The van der Waals surface area contributed by atoms with Crippen molar-refractivity contribution in [3.8, 4) is 0 Å². The second kappa shape index (κ2) is 7.50. The highest BCUT2D eigenvalue weighted by atomic mass is 32.2. The first-order valence-electron chi connectivity index (χ1n) is 7.44. The highest BCUT2D eigenvalue weighted by molar-refractivity contribution is 7.97. The Labute approximate surface area is 137 Å². The predicted molar refractivity (Wildman–Crippen MR) is 96.4 cm³/mol. The lowest BCUT2D eigenvalue weighted by molar-refractivity contribution is -0.117. The van der Waals surface area contributed by atoms with Crippen molar-refractivity contribution in [2.24, 2.45) is 0 Å². The number of amides is 1. The van der Waals surface area contributed by atoms with Gasteiger partial charge in [0.2, 0.25) is 5.91 Å². The summed E-state index contributed by atoms with van der Waals surface area (Å²) in [5.41, 5.74) is 3.14. The fraction of sp³-hybridized carbons (Fsp3) is 0.316. The third-order valence-corrected chi connectivity index (χ3v) is 4.33. The molecule has 116 valence electrons. The van der Waals surface area contributed by atoms with Crippen LogP contribution in [0.2, 0.25) is 0 Å². The average molecular weight is 313 g/mol. The molecule has 2 aromatic carbocycles. The molecule has 0 aromatic heterocycles. The first-order valence-corrected chi connectivity index (χ1v) is 8.84. The van der Waals surface area contributed by atoms with E-state index in [0.29, 0.717) is 6.42 Å². The average Bonchev–Trinajstić information content (AvgIpc) is 2.50. The maximum Gasteiger partial charge on any atom is 0.225 e. The molecule has 0 fully saturated rings. The zero-order valence-electron chi connectivity index (χ0n) is 13.4. The van der Waals surface area contributed by atoms with E-state index in [1.54, 1.807) is 11.8 Å². The molecule has 1 N–H and O–H groups in total. The van der Waals surface area contributed by atoms with Crippen molar-refractivity contribution in [2.45, 2.75) is 31.4 Å². The summed E-state index contributed by atoms with van der Waals surface area (Å²) in [7, 11) is 0. The zero-order chi connectivity index (χ0) is 16.0. The molecule has 22 heavy (non-hydrogen) atoms. The van der Waals surface area contributed by atoms with Gasteiger partial charge in [-0.1, -0.05) is 56.3 Å². The third kappa shape index (κ3) is 4.63. The Kier molecular flexibility index (Phi) is 5.67. The van der Waals surface area contributed by atoms with Crippen LogP contribution in [0.15, 0.2) is 54.6 Å². The number of hydrogen-bond acceptors (Lipinski definition) is 2. The molecule has 2 aromatic rings. The third-order valence-electron chi connectivity index (χ3n) is 3.71. The molecule has 0 aliphatic rings. The van der Waals surface area contributed by atoms with Crippen LogP contribution in [-0.2, 0) is 16.0 Å². The Balaban J connectivity index is 1.97. The number of thioether (sulfide) groups is 1. The summed E-state index contributed by atoms with van der Waals surface area (Å²) in [6.45, 7) is 4.20. The van der Waals surface area contributed by atoms with Crippen LogP contribution in [-0.4, -0.2) is 12.2 Å². The van der Waals surface area contributed by atoms with Gasteiger partial charge in [0.1, 0.15) is 0 Å². The van der Waals surface area contributed by atoms with Gasteiger partial charge >= 0.3 is 0 Å². The highest BCUT2D eigenvalue weighted by Gasteiger charge is 2.24. The van der Waals surface area contributed by atoms with E-state index < -0.39 is 0 Å². The van der Waals surface area contributed by atoms with Gasteiger partial charge in [-0.05, 0) is 34.9 Å². The van der Waals surface area contributed by atoms with E-state index in [1.165, 1.54) is 11.1 Å². The van der Waals surface area contributed by atoms with Crippen molar-refractivity contribution < 1.29 is 4.79 Å². The van der Waals surface area contributed by atoms with Gasteiger partial charge in [0, 0.05) is 17.9 Å². The van der Waals surface area contributed by atoms with E-state index in [2.05, 4.69) is 49.7 Å². The van der Waals surface area contributed by atoms with Crippen LogP contribution in [0.5, 0.6) is 0 Å². The molecule has 0 heterocycles. The summed E-state index contributed by atoms with van der Waals surface area (Å²) in [5, 5.41) is 2.99. The van der Waals surface area contributed by atoms with E-state index in [0.717, 1.165) is 11.4 Å². The summed E-state index contributed by atoms with van der Waals surface area (Å²) in [6, 6.07) is 18.2. The summed E-state index contributed by atoms with van der Waals surface area (Å²) < 4.78 is 0. The molecule has 0 saturated heterocycles. The molecule has 0 aliphatic heterocycles. The van der Waals surface area contributed by atoms with Crippen molar-refractivity contribution >= 4 is 23.4 Å². The van der Waals surface area contributed by atoms with Gasteiger partial charge in [-0.2, -0.15) is 11.8 Å². The van der Waals surface area contributed by atoms with Crippen LogP contribution in [0.4, 0.5) is 5.69 Å². The lowest BCUT2D eigenvalue weighted by Gasteiger charge is -2.24. The van der Waals surface area contributed by atoms with Gasteiger partial charge < -0.3 is 5.32 Å². The Morgan fingerprint density at radius 1 is 1.05 bits per heavy atom. The Bertz CT molecular complexity index is 605. The molecule has 0 unspecified atom stereocenters. The zero-order valence-corrected chi connectivity index (χ0v) is 14.2. The Morgan fingerprint density at radius 2 is 1.68 bits per heavy atom. The van der Waals surface area contributed by atoms with Crippen LogP contribution < -0.4 is 5.32 Å². The lowest BCUT2D eigenvalue weighted by atomic mass is 9.81. The van der Waals surface area contributed by atoms with Crippen LogP contribution in [0.3, 0.4) is 0 Å². The van der Waals surface area contributed by atoms with Gasteiger partial charge in [-0.25, -0.2) is 0 Å². The first-order chi connectivity index (χ1) is 10.5. The molecule has 1 amide bonds. The molecule has 0 atom stereocenters. The van der Waals surface area contributed by atoms with Gasteiger partial charge in [-0.15, -0.1) is 0 Å². The molecule has 2 nitrogen and oxygen atoms in total. The van der Waals surface area contributed by atoms with E-state index in [4.69, 9.17) is 0 Å². The fourth-order valence-electron chi connectivity index (χ4n) is 2.45. The van der Waals surface area contributed by atoms with Crippen molar-refractivity contribution in [3.05, 3.63) is 65.7 Å². The monoisotopic (exact) mass is 313 g/mol. The van der Waals surface area contributed by atoms with E-state index in [1.807, 2.05) is 30.3 Å². The van der Waals surface area contributed by atoms with E-state index in [-0.39, 0.29) is 11.3 Å². The smallest absolute Gasteiger partial charge is 0.225 e. The van der Waals surface area contributed by atoms with Crippen LogP contribution in [0.1, 0.15) is 31.4 Å². The summed E-state index contributed by atoms with van der Waals surface area (Å²) in [5.74, 6) is 1.04. The molecule has 3 heteroatoms. The number of rotatable bonds is 6. The fourth-order valence-corrected chi connectivity index (χ4v) is 2.97. The maximum atomic E-state index is 12.3. The molecule has 0 aliphatic carbocycles. The minimum Gasteiger partial charge on any atom is -0.326 e. The van der Waals surface area contributed by atoms with Gasteiger partial charge in [0.15, 0.2) is 0 Å². The molecule has 2 rings (SSSR count). The van der Waals surface area contributed by atoms with Gasteiger partial charge in [-0.3, -0.25) is 4.79 Å². The largest absolute Gasteiger partial charge is 0.326 e. The van der Waals surface area contributed by atoms with Gasteiger partial charge in [0.05, 0.1) is 0 Å². The minimum atomic E-state index is -0.176. The normalized spacial score (nSPS) is 11.2. The second-order valence-electron chi connectivity index (χ2n) is 6.10. The summed E-state index contributed by atoms with van der Waals surface area (Å²) >= 11 is 1.79. The molecule has 0 radical (unpaired) electrons. The number of hydrogen-bond donors (Lipinski definition) is 1. The van der Waals surface area contributed by atoms with E-state index in [9.17, 15) is 4.79 Å². The highest BCUT2D eigenvalue weighted by Crippen LogP contribution is 2.27. The number of nitrogens with one attached hydrogen (secondary N) is 1. The van der Waals surface area contributed by atoms with Crippen LogP contribution in [0, 0.1) is 0 Å².